The number of rotatable bonds is 7. The standard InChI is InChI=1S/C13H25N3O2/c1-3-16(4-2)13(18)8-7-12(17)15-10-11-6-5-9-14-11/h11,14H,3-10H2,1-2H3,(H,15,17). The van der Waals surface area contributed by atoms with E-state index in [-0.39, 0.29) is 11.8 Å². The molecule has 1 atom stereocenters. The number of hydrogen-bond acceptors (Lipinski definition) is 3. The van der Waals surface area contributed by atoms with Crippen LogP contribution in [0.3, 0.4) is 0 Å². The van der Waals surface area contributed by atoms with Gasteiger partial charge >= 0.3 is 0 Å². The molecule has 1 saturated heterocycles. The lowest BCUT2D eigenvalue weighted by Gasteiger charge is -2.18. The molecule has 0 bridgehead atoms. The van der Waals surface area contributed by atoms with Crippen molar-refractivity contribution in [3.63, 3.8) is 0 Å². The minimum absolute atomic E-state index is 0.0239. The lowest BCUT2D eigenvalue weighted by Crippen LogP contribution is -2.38. The summed E-state index contributed by atoms with van der Waals surface area (Å²) in [5.41, 5.74) is 0. The first-order valence-corrected chi connectivity index (χ1v) is 6.95. The van der Waals surface area contributed by atoms with Crippen molar-refractivity contribution in [2.75, 3.05) is 26.2 Å². The van der Waals surface area contributed by atoms with Gasteiger partial charge < -0.3 is 15.5 Å². The van der Waals surface area contributed by atoms with E-state index in [0.717, 1.165) is 13.0 Å². The minimum Gasteiger partial charge on any atom is -0.355 e. The van der Waals surface area contributed by atoms with Crippen LogP contribution in [0.1, 0.15) is 39.5 Å². The van der Waals surface area contributed by atoms with Crippen molar-refractivity contribution in [1.29, 1.82) is 0 Å². The topological polar surface area (TPSA) is 61.4 Å². The maximum absolute atomic E-state index is 11.7. The van der Waals surface area contributed by atoms with Crippen molar-refractivity contribution in [2.45, 2.75) is 45.6 Å². The van der Waals surface area contributed by atoms with E-state index < -0.39 is 0 Å². The highest BCUT2D eigenvalue weighted by atomic mass is 16.2. The Kier molecular flexibility index (Phi) is 6.72. The summed E-state index contributed by atoms with van der Waals surface area (Å²) in [6.45, 7) is 7.05. The van der Waals surface area contributed by atoms with Crippen LogP contribution in [0, 0.1) is 0 Å². The molecule has 104 valence electrons. The predicted molar refractivity (Wildman–Crippen MR) is 71.2 cm³/mol. The third-order valence-corrected chi connectivity index (χ3v) is 3.39. The molecule has 1 unspecified atom stereocenters. The molecule has 1 fully saturated rings. The zero-order chi connectivity index (χ0) is 13.4. The second-order valence-corrected chi connectivity index (χ2v) is 4.66. The Bertz CT molecular complexity index is 271. The Balaban J connectivity index is 2.13. The quantitative estimate of drug-likeness (QED) is 0.696. The van der Waals surface area contributed by atoms with E-state index in [1.807, 2.05) is 13.8 Å². The molecule has 5 nitrogen and oxygen atoms in total. The highest BCUT2D eigenvalue weighted by Gasteiger charge is 2.16. The molecular weight excluding hydrogens is 230 g/mol. The van der Waals surface area contributed by atoms with E-state index in [1.165, 1.54) is 6.42 Å². The van der Waals surface area contributed by atoms with Crippen molar-refractivity contribution in [2.24, 2.45) is 0 Å². The van der Waals surface area contributed by atoms with Crippen LogP contribution in [0.5, 0.6) is 0 Å². The van der Waals surface area contributed by atoms with Gasteiger partial charge in [-0.2, -0.15) is 0 Å². The summed E-state index contributed by atoms with van der Waals surface area (Å²) in [6, 6.07) is 0.410. The van der Waals surface area contributed by atoms with Gasteiger partial charge in [0.15, 0.2) is 0 Å². The van der Waals surface area contributed by atoms with Crippen LogP contribution in [0.25, 0.3) is 0 Å². The molecule has 0 aromatic carbocycles. The fraction of sp³-hybridized carbons (Fsp3) is 0.846. The van der Waals surface area contributed by atoms with Crippen LogP contribution < -0.4 is 10.6 Å². The SMILES string of the molecule is CCN(CC)C(=O)CCC(=O)NCC1CCCN1. The maximum Gasteiger partial charge on any atom is 0.223 e. The molecular formula is C13H25N3O2. The Morgan fingerprint density at radius 1 is 1.28 bits per heavy atom. The van der Waals surface area contributed by atoms with Gasteiger partial charge in [-0.05, 0) is 33.2 Å². The first-order chi connectivity index (χ1) is 8.67. The van der Waals surface area contributed by atoms with Crippen molar-refractivity contribution < 1.29 is 9.59 Å². The molecule has 2 amide bonds. The fourth-order valence-corrected chi connectivity index (χ4v) is 2.21. The van der Waals surface area contributed by atoms with Gasteiger partial charge in [-0.1, -0.05) is 0 Å². The molecule has 5 heteroatoms. The predicted octanol–water partition coefficient (Wildman–Crippen LogP) is 0.503. The maximum atomic E-state index is 11.7. The number of carbonyl (C=O) groups excluding carboxylic acids is 2. The molecule has 1 aliphatic rings. The lowest BCUT2D eigenvalue weighted by molar-refractivity contribution is -0.133. The number of amides is 2. The van der Waals surface area contributed by atoms with Crippen LogP contribution in [0.2, 0.25) is 0 Å². The Labute approximate surface area is 109 Å². The molecule has 1 rings (SSSR count). The second-order valence-electron chi connectivity index (χ2n) is 4.66. The van der Waals surface area contributed by atoms with E-state index in [0.29, 0.717) is 38.5 Å². The van der Waals surface area contributed by atoms with E-state index in [9.17, 15) is 9.59 Å². The minimum atomic E-state index is -0.0239. The summed E-state index contributed by atoms with van der Waals surface area (Å²) in [6.07, 6.45) is 2.91. The highest BCUT2D eigenvalue weighted by Crippen LogP contribution is 2.03. The van der Waals surface area contributed by atoms with Crippen molar-refractivity contribution >= 4 is 11.8 Å². The first kappa shape index (κ1) is 15.0. The normalized spacial score (nSPS) is 18.7. The molecule has 0 spiro atoms. The third-order valence-electron chi connectivity index (χ3n) is 3.39. The summed E-state index contributed by atoms with van der Waals surface area (Å²) < 4.78 is 0. The summed E-state index contributed by atoms with van der Waals surface area (Å²) in [7, 11) is 0. The van der Waals surface area contributed by atoms with Gasteiger partial charge in [-0.15, -0.1) is 0 Å². The zero-order valence-corrected chi connectivity index (χ0v) is 11.5. The Morgan fingerprint density at radius 3 is 2.56 bits per heavy atom. The number of carbonyl (C=O) groups is 2. The zero-order valence-electron chi connectivity index (χ0n) is 11.5. The molecule has 0 aromatic heterocycles. The van der Waals surface area contributed by atoms with E-state index in [2.05, 4.69) is 10.6 Å². The molecule has 1 aliphatic heterocycles. The molecule has 18 heavy (non-hydrogen) atoms. The van der Waals surface area contributed by atoms with Crippen molar-refractivity contribution in [1.82, 2.24) is 15.5 Å². The van der Waals surface area contributed by atoms with Crippen LogP contribution in [0.4, 0.5) is 0 Å². The van der Waals surface area contributed by atoms with Gasteiger partial charge in [0, 0.05) is 38.5 Å². The first-order valence-electron chi connectivity index (χ1n) is 6.95. The number of hydrogen-bond donors (Lipinski definition) is 2. The van der Waals surface area contributed by atoms with Gasteiger partial charge in [0.05, 0.1) is 0 Å². The molecule has 2 N–H and O–H groups in total. The van der Waals surface area contributed by atoms with Crippen LogP contribution in [-0.4, -0.2) is 48.9 Å². The van der Waals surface area contributed by atoms with Crippen LogP contribution in [0.15, 0.2) is 0 Å². The second kappa shape index (κ2) is 8.08. The molecule has 0 saturated carbocycles. The average molecular weight is 255 g/mol. The Hall–Kier alpha value is -1.10. The molecule has 0 aromatic rings. The molecule has 1 heterocycles. The van der Waals surface area contributed by atoms with Crippen molar-refractivity contribution in [3.05, 3.63) is 0 Å². The van der Waals surface area contributed by atoms with Gasteiger partial charge in [0.1, 0.15) is 0 Å². The van der Waals surface area contributed by atoms with E-state index in [1.54, 1.807) is 4.90 Å². The summed E-state index contributed by atoms with van der Waals surface area (Å²) in [4.78, 5) is 25.1. The van der Waals surface area contributed by atoms with Gasteiger partial charge in [-0.3, -0.25) is 9.59 Å². The van der Waals surface area contributed by atoms with E-state index in [4.69, 9.17) is 0 Å². The monoisotopic (exact) mass is 255 g/mol. The highest BCUT2D eigenvalue weighted by molar-refractivity contribution is 5.83. The van der Waals surface area contributed by atoms with Gasteiger partial charge in [-0.25, -0.2) is 0 Å². The average Bonchev–Trinajstić information content (AvgIpc) is 2.88. The molecule has 0 radical (unpaired) electrons. The lowest BCUT2D eigenvalue weighted by atomic mass is 10.2. The van der Waals surface area contributed by atoms with Crippen LogP contribution >= 0.6 is 0 Å². The van der Waals surface area contributed by atoms with Crippen LogP contribution in [-0.2, 0) is 9.59 Å². The smallest absolute Gasteiger partial charge is 0.223 e. The third kappa shape index (κ3) is 5.04. The fourth-order valence-electron chi connectivity index (χ4n) is 2.21. The largest absolute Gasteiger partial charge is 0.355 e. The summed E-state index contributed by atoms with van der Waals surface area (Å²) >= 11 is 0. The van der Waals surface area contributed by atoms with E-state index >= 15 is 0 Å². The van der Waals surface area contributed by atoms with Crippen molar-refractivity contribution in [3.8, 4) is 0 Å². The van der Waals surface area contributed by atoms with Gasteiger partial charge in [0.25, 0.3) is 0 Å². The summed E-state index contributed by atoms with van der Waals surface area (Å²) in [5, 5.41) is 6.21. The van der Waals surface area contributed by atoms with Gasteiger partial charge in [0.2, 0.25) is 11.8 Å². The Morgan fingerprint density at radius 2 is 2.00 bits per heavy atom. The number of nitrogens with zero attached hydrogens (tertiary/aromatic N) is 1. The molecule has 0 aliphatic carbocycles. The summed E-state index contributed by atoms with van der Waals surface area (Å²) in [5.74, 6) is 0.0401. The number of nitrogens with one attached hydrogen (secondary N) is 2.